The Morgan fingerprint density at radius 1 is 1.32 bits per heavy atom. The number of aryl methyl sites for hydroxylation is 1. The maximum absolute atomic E-state index is 12.5. The molecule has 0 unspecified atom stereocenters. The monoisotopic (exact) mass is 300 g/mol. The van der Waals surface area contributed by atoms with Crippen molar-refractivity contribution in [2.75, 3.05) is 18.6 Å². The molecule has 1 aromatic heterocycles. The summed E-state index contributed by atoms with van der Waals surface area (Å²) in [5.41, 5.74) is 2.40. The Balaban J connectivity index is 2.27. The lowest BCUT2D eigenvalue weighted by Gasteiger charge is -2.28. The van der Waals surface area contributed by atoms with E-state index in [9.17, 15) is 9.59 Å². The number of rotatable bonds is 2. The zero-order chi connectivity index (χ0) is 15.9. The Bertz CT molecular complexity index is 794. The molecule has 1 aromatic carbocycles. The summed E-state index contributed by atoms with van der Waals surface area (Å²) in [5.74, 6) is -0.235. The molecule has 5 heteroatoms. The van der Waals surface area contributed by atoms with E-state index in [1.54, 1.807) is 11.6 Å². The van der Waals surface area contributed by atoms with Crippen LogP contribution in [0, 0.1) is 6.92 Å². The van der Waals surface area contributed by atoms with E-state index in [-0.39, 0.29) is 17.6 Å². The van der Waals surface area contributed by atoms with E-state index in [1.165, 1.54) is 7.11 Å². The minimum atomic E-state index is -0.306. The number of para-hydroxylation sites is 1. The van der Waals surface area contributed by atoms with Crippen molar-refractivity contribution in [3.05, 3.63) is 40.2 Å². The van der Waals surface area contributed by atoms with E-state index < -0.39 is 0 Å². The predicted octanol–water partition coefficient (Wildman–Crippen LogP) is 1.99. The summed E-state index contributed by atoms with van der Waals surface area (Å²) in [7, 11) is 3.19. The number of nitrogens with zero attached hydrogens (tertiary/aromatic N) is 2. The van der Waals surface area contributed by atoms with Crippen LogP contribution in [0.15, 0.2) is 29.1 Å². The number of hydrogen-bond donors (Lipinski definition) is 0. The quantitative estimate of drug-likeness (QED) is 0.796. The number of methoxy groups -OCH3 is 1. The van der Waals surface area contributed by atoms with Gasteiger partial charge in [-0.15, -0.1) is 0 Å². The summed E-state index contributed by atoms with van der Waals surface area (Å²) >= 11 is 0. The summed E-state index contributed by atoms with van der Waals surface area (Å²) in [6.45, 7) is 2.59. The Morgan fingerprint density at radius 2 is 2.05 bits per heavy atom. The van der Waals surface area contributed by atoms with Gasteiger partial charge in [-0.3, -0.25) is 4.79 Å². The lowest BCUT2D eigenvalue weighted by atomic mass is 10.1. The Morgan fingerprint density at radius 3 is 2.77 bits per heavy atom. The molecule has 2 aromatic rings. The van der Waals surface area contributed by atoms with Crippen molar-refractivity contribution in [1.82, 2.24) is 4.57 Å². The van der Waals surface area contributed by atoms with Crippen LogP contribution in [-0.2, 0) is 16.6 Å². The van der Waals surface area contributed by atoms with Crippen molar-refractivity contribution in [3.8, 4) is 0 Å². The van der Waals surface area contributed by atoms with Gasteiger partial charge in [0.2, 0.25) is 0 Å². The van der Waals surface area contributed by atoms with Crippen LogP contribution < -0.4 is 10.5 Å². The van der Waals surface area contributed by atoms with E-state index in [2.05, 4.69) is 0 Å². The molecule has 0 N–H and O–H groups in total. The molecule has 2 heterocycles. The highest BCUT2D eigenvalue weighted by molar-refractivity contribution is 5.96. The fourth-order valence-electron chi connectivity index (χ4n) is 3.42. The number of esters is 1. The van der Waals surface area contributed by atoms with Crippen LogP contribution in [-0.4, -0.2) is 30.2 Å². The van der Waals surface area contributed by atoms with Crippen LogP contribution in [0.5, 0.6) is 0 Å². The molecule has 22 heavy (non-hydrogen) atoms. The molecule has 0 amide bonds. The molecule has 1 atom stereocenters. The summed E-state index contributed by atoms with van der Waals surface area (Å²) in [4.78, 5) is 26.6. The third-order valence-corrected chi connectivity index (χ3v) is 4.51. The Kier molecular flexibility index (Phi) is 3.64. The molecule has 5 nitrogen and oxygen atoms in total. The average Bonchev–Trinajstić information content (AvgIpc) is 3.01. The van der Waals surface area contributed by atoms with Crippen molar-refractivity contribution in [2.24, 2.45) is 7.05 Å². The number of fused-ring (bicyclic) bond motifs is 1. The first kappa shape index (κ1) is 14.6. The normalized spacial score (nSPS) is 18.0. The number of benzene rings is 1. The minimum absolute atomic E-state index is 0.0239. The molecular formula is C17H20N2O3. The highest BCUT2D eigenvalue weighted by Crippen LogP contribution is 2.33. The highest BCUT2D eigenvalue weighted by atomic mass is 16.5. The number of anilines is 1. The largest absolute Gasteiger partial charge is 0.467 e. The van der Waals surface area contributed by atoms with Gasteiger partial charge in [0.05, 0.1) is 18.3 Å². The fraction of sp³-hybridized carbons (Fsp3) is 0.412. The van der Waals surface area contributed by atoms with Crippen LogP contribution in [0.4, 0.5) is 5.69 Å². The molecular weight excluding hydrogens is 280 g/mol. The SMILES string of the molecule is COC(=O)[C@@H]1CCCN1c1c(C)c(=O)n(C)c2ccccc12. The number of pyridine rings is 1. The van der Waals surface area contributed by atoms with Gasteiger partial charge >= 0.3 is 5.97 Å². The molecule has 0 spiro atoms. The molecule has 0 radical (unpaired) electrons. The summed E-state index contributed by atoms with van der Waals surface area (Å²) in [5, 5.41) is 0.998. The summed E-state index contributed by atoms with van der Waals surface area (Å²) in [6.07, 6.45) is 1.68. The lowest BCUT2D eigenvalue weighted by molar-refractivity contribution is -0.141. The first-order valence-electron chi connectivity index (χ1n) is 7.49. The summed E-state index contributed by atoms with van der Waals surface area (Å²) in [6, 6.07) is 7.51. The van der Waals surface area contributed by atoms with Crippen molar-refractivity contribution in [3.63, 3.8) is 0 Å². The van der Waals surface area contributed by atoms with Gasteiger partial charge in [-0.05, 0) is 25.8 Å². The lowest BCUT2D eigenvalue weighted by Crippen LogP contribution is -2.38. The molecule has 0 aliphatic carbocycles. The van der Waals surface area contributed by atoms with E-state index in [0.29, 0.717) is 5.56 Å². The fourth-order valence-corrected chi connectivity index (χ4v) is 3.42. The van der Waals surface area contributed by atoms with Crippen LogP contribution in [0.25, 0.3) is 10.9 Å². The minimum Gasteiger partial charge on any atom is -0.467 e. The molecule has 0 saturated carbocycles. The van der Waals surface area contributed by atoms with Gasteiger partial charge < -0.3 is 14.2 Å². The van der Waals surface area contributed by atoms with Crippen molar-refractivity contribution >= 4 is 22.6 Å². The number of carbonyl (C=O) groups excluding carboxylic acids is 1. The second-order valence-electron chi connectivity index (χ2n) is 5.73. The zero-order valence-electron chi connectivity index (χ0n) is 13.1. The number of ether oxygens (including phenoxy) is 1. The van der Waals surface area contributed by atoms with Crippen molar-refractivity contribution in [1.29, 1.82) is 0 Å². The van der Waals surface area contributed by atoms with E-state index >= 15 is 0 Å². The van der Waals surface area contributed by atoms with Gasteiger partial charge in [0.1, 0.15) is 6.04 Å². The third-order valence-electron chi connectivity index (χ3n) is 4.51. The standard InChI is InChI=1S/C17H20N2O3/c1-11-15(19-10-6-9-14(19)17(21)22-3)12-7-4-5-8-13(12)18(2)16(11)20/h4-5,7-8,14H,6,9-10H2,1-3H3/t14-/m0/s1. The predicted molar refractivity (Wildman–Crippen MR) is 86.3 cm³/mol. The molecule has 1 aliphatic heterocycles. The zero-order valence-corrected chi connectivity index (χ0v) is 13.1. The average molecular weight is 300 g/mol. The maximum Gasteiger partial charge on any atom is 0.328 e. The van der Waals surface area contributed by atoms with Gasteiger partial charge in [-0.25, -0.2) is 4.79 Å². The molecule has 116 valence electrons. The van der Waals surface area contributed by atoms with Crippen LogP contribution in [0.1, 0.15) is 18.4 Å². The van der Waals surface area contributed by atoms with Gasteiger partial charge in [0.25, 0.3) is 5.56 Å². The van der Waals surface area contributed by atoms with Gasteiger partial charge in [0, 0.05) is 24.5 Å². The first-order valence-corrected chi connectivity index (χ1v) is 7.49. The molecule has 0 bridgehead atoms. The van der Waals surface area contributed by atoms with Crippen LogP contribution in [0.3, 0.4) is 0 Å². The first-order chi connectivity index (χ1) is 10.6. The van der Waals surface area contributed by atoms with Crippen LogP contribution >= 0.6 is 0 Å². The van der Waals surface area contributed by atoms with E-state index in [4.69, 9.17) is 4.74 Å². The van der Waals surface area contributed by atoms with Crippen molar-refractivity contribution in [2.45, 2.75) is 25.8 Å². The summed E-state index contributed by atoms with van der Waals surface area (Å²) < 4.78 is 6.59. The third kappa shape index (κ3) is 2.08. The Hall–Kier alpha value is -2.30. The number of hydrogen-bond acceptors (Lipinski definition) is 4. The van der Waals surface area contributed by atoms with Gasteiger partial charge in [0.15, 0.2) is 0 Å². The Labute approximate surface area is 129 Å². The van der Waals surface area contributed by atoms with Gasteiger partial charge in [-0.2, -0.15) is 0 Å². The molecule has 1 saturated heterocycles. The van der Waals surface area contributed by atoms with E-state index in [0.717, 1.165) is 36.0 Å². The molecule has 1 aliphatic rings. The second-order valence-corrected chi connectivity index (χ2v) is 5.73. The molecule has 3 rings (SSSR count). The number of aromatic nitrogens is 1. The van der Waals surface area contributed by atoms with E-state index in [1.807, 2.05) is 36.1 Å². The van der Waals surface area contributed by atoms with Gasteiger partial charge in [-0.1, -0.05) is 18.2 Å². The topological polar surface area (TPSA) is 51.5 Å². The number of carbonyl (C=O) groups is 1. The van der Waals surface area contributed by atoms with Crippen molar-refractivity contribution < 1.29 is 9.53 Å². The van der Waals surface area contributed by atoms with Crippen LogP contribution in [0.2, 0.25) is 0 Å². The second kappa shape index (κ2) is 5.48. The molecule has 1 fully saturated rings. The highest BCUT2D eigenvalue weighted by Gasteiger charge is 2.34. The maximum atomic E-state index is 12.5. The smallest absolute Gasteiger partial charge is 0.328 e.